The highest BCUT2D eigenvalue weighted by molar-refractivity contribution is 6.10. The van der Waals surface area contributed by atoms with Crippen LogP contribution in [0.5, 0.6) is 5.75 Å². The summed E-state index contributed by atoms with van der Waals surface area (Å²) in [5.74, 6) is 0.199. The number of phenols is 1. The summed E-state index contributed by atoms with van der Waals surface area (Å²) >= 11 is 0. The van der Waals surface area contributed by atoms with Crippen LogP contribution in [0.25, 0.3) is 16.6 Å². The third-order valence-electron chi connectivity index (χ3n) is 4.45. The van der Waals surface area contributed by atoms with Crippen molar-refractivity contribution in [3.05, 3.63) is 71.4 Å². The number of aryl methyl sites for hydroxylation is 1. The average molecular weight is 319 g/mol. The van der Waals surface area contributed by atoms with Gasteiger partial charge in [-0.05, 0) is 51.5 Å². The summed E-state index contributed by atoms with van der Waals surface area (Å²) in [7, 11) is 0. The maximum atomic E-state index is 12.3. The Balaban J connectivity index is 2.45. The maximum Gasteiger partial charge on any atom is 0.162 e. The fraction of sp³-hybridized carbons (Fsp3) is 0.190. The molecule has 0 saturated carbocycles. The summed E-state index contributed by atoms with van der Waals surface area (Å²) in [5.41, 5.74) is 5.42. The lowest BCUT2D eigenvalue weighted by Gasteiger charge is -2.10. The topological polar surface area (TPSA) is 42.2 Å². The number of carbonyl (C=O) groups excluding carboxylic acids is 1. The Morgan fingerprint density at radius 3 is 2.42 bits per heavy atom. The number of ketones is 1. The van der Waals surface area contributed by atoms with E-state index in [1.54, 1.807) is 19.1 Å². The van der Waals surface area contributed by atoms with E-state index in [4.69, 9.17) is 0 Å². The second-order valence-electron chi connectivity index (χ2n) is 6.14. The first kappa shape index (κ1) is 16.1. The van der Waals surface area contributed by atoms with Crippen LogP contribution in [0.3, 0.4) is 0 Å². The van der Waals surface area contributed by atoms with Gasteiger partial charge < -0.3 is 9.67 Å². The summed E-state index contributed by atoms with van der Waals surface area (Å²) in [6.45, 7) is 9.34. The van der Waals surface area contributed by atoms with Gasteiger partial charge in [0.25, 0.3) is 0 Å². The van der Waals surface area contributed by atoms with Crippen LogP contribution in [0.15, 0.2) is 49.1 Å². The molecule has 1 aromatic heterocycles. The standard InChI is InChI=1S/C21H21NO2/c1-5-6-17-19(24)12-11-18-21(17)20(15(4)23)14(3)22(18)16-9-7-13(2)8-10-16/h5,7-12,24H,1,6H2,2-4H3. The van der Waals surface area contributed by atoms with E-state index < -0.39 is 0 Å². The quantitative estimate of drug-likeness (QED) is 0.550. The monoisotopic (exact) mass is 319 g/mol. The van der Waals surface area contributed by atoms with Crippen molar-refractivity contribution >= 4 is 16.7 Å². The van der Waals surface area contributed by atoms with E-state index in [9.17, 15) is 9.90 Å². The Hall–Kier alpha value is -2.81. The first-order valence-electron chi connectivity index (χ1n) is 8.00. The first-order chi connectivity index (χ1) is 11.5. The number of aromatic nitrogens is 1. The minimum Gasteiger partial charge on any atom is -0.508 e. The van der Waals surface area contributed by atoms with Crippen LogP contribution in [0, 0.1) is 13.8 Å². The van der Waals surface area contributed by atoms with Crippen molar-refractivity contribution < 1.29 is 9.90 Å². The normalized spacial score (nSPS) is 11.0. The molecule has 1 heterocycles. The largest absolute Gasteiger partial charge is 0.508 e. The molecule has 0 aliphatic rings. The molecule has 3 heteroatoms. The third kappa shape index (κ3) is 2.42. The van der Waals surface area contributed by atoms with Gasteiger partial charge in [-0.3, -0.25) is 4.79 Å². The number of hydrogen-bond acceptors (Lipinski definition) is 2. The van der Waals surface area contributed by atoms with Crippen LogP contribution in [0.1, 0.15) is 34.1 Å². The predicted octanol–water partition coefficient (Wildman–Crippen LogP) is 4.88. The van der Waals surface area contributed by atoms with Gasteiger partial charge >= 0.3 is 0 Å². The molecule has 0 radical (unpaired) electrons. The molecule has 24 heavy (non-hydrogen) atoms. The van der Waals surface area contributed by atoms with Crippen LogP contribution in [-0.4, -0.2) is 15.5 Å². The van der Waals surface area contributed by atoms with Crippen molar-refractivity contribution in [2.24, 2.45) is 0 Å². The van der Waals surface area contributed by atoms with Crippen LogP contribution in [0.2, 0.25) is 0 Å². The third-order valence-corrected chi connectivity index (χ3v) is 4.45. The zero-order valence-electron chi connectivity index (χ0n) is 14.3. The molecule has 0 amide bonds. The number of hydrogen-bond donors (Lipinski definition) is 1. The molecule has 0 spiro atoms. The van der Waals surface area contributed by atoms with E-state index in [2.05, 4.69) is 23.3 Å². The van der Waals surface area contributed by atoms with Crippen LogP contribution in [-0.2, 0) is 6.42 Å². The number of Topliss-reactive ketones (excluding diaryl/α,β-unsaturated/α-hetero) is 1. The van der Waals surface area contributed by atoms with Gasteiger partial charge in [-0.15, -0.1) is 6.58 Å². The van der Waals surface area contributed by atoms with Crippen LogP contribution in [0.4, 0.5) is 0 Å². The van der Waals surface area contributed by atoms with Gasteiger partial charge in [-0.25, -0.2) is 0 Å². The van der Waals surface area contributed by atoms with E-state index >= 15 is 0 Å². The summed E-state index contributed by atoms with van der Waals surface area (Å²) in [5, 5.41) is 11.1. The Kier molecular flexibility index (Phi) is 4.02. The van der Waals surface area contributed by atoms with Crippen LogP contribution >= 0.6 is 0 Å². The van der Waals surface area contributed by atoms with E-state index in [1.165, 1.54) is 5.56 Å². The highest BCUT2D eigenvalue weighted by Crippen LogP contribution is 2.36. The summed E-state index contributed by atoms with van der Waals surface area (Å²) < 4.78 is 2.08. The summed E-state index contributed by atoms with van der Waals surface area (Å²) in [4.78, 5) is 12.3. The number of rotatable bonds is 4. The highest BCUT2D eigenvalue weighted by atomic mass is 16.3. The van der Waals surface area contributed by atoms with Gasteiger partial charge in [0.15, 0.2) is 5.78 Å². The summed E-state index contributed by atoms with van der Waals surface area (Å²) in [6.07, 6.45) is 2.26. The predicted molar refractivity (Wildman–Crippen MR) is 98.3 cm³/mol. The van der Waals surface area contributed by atoms with Gasteiger partial charge in [0, 0.05) is 27.9 Å². The molecule has 3 rings (SSSR count). The molecule has 0 saturated heterocycles. The Morgan fingerprint density at radius 1 is 1.17 bits per heavy atom. The zero-order chi connectivity index (χ0) is 17.4. The van der Waals surface area contributed by atoms with E-state index in [0.717, 1.165) is 27.8 Å². The lowest BCUT2D eigenvalue weighted by Crippen LogP contribution is -1.99. The summed E-state index contributed by atoms with van der Waals surface area (Å²) in [6, 6.07) is 11.8. The molecular formula is C21H21NO2. The van der Waals surface area contributed by atoms with Crippen molar-refractivity contribution in [2.75, 3.05) is 0 Å². The maximum absolute atomic E-state index is 12.3. The molecular weight excluding hydrogens is 298 g/mol. The fourth-order valence-corrected chi connectivity index (χ4v) is 3.37. The molecule has 0 unspecified atom stereocenters. The van der Waals surface area contributed by atoms with Crippen molar-refractivity contribution in [3.8, 4) is 11.4 Å². The molecule has 3 nitrogen and oxygen atoms in total. The number of fused-ring (bicyclic) bond motifs is 1. The second-order valence-corrected chi connectivity index (χ2v) is 6.14. The Bertz CT molecular complexity index is 946. The number of phenolic OH excluding ortho intramolecular Hbond substituents is 1. The lowest BCUT2D eigenvalue weighted by molar-refractivity contribution is 0.101. The fourth-order valence-electron chi connectivity index (χ4n) is 3.37. The van der Waals surface area contributed by atoms with Gasteiger partial charge in [-0.1, -0.05) is 23.8 Å². The average Bonchev–Trinajstić information content (AvgIpc) is 2.84. The van der Waals surface area contributed by atoms with Crippen molar-refractivity contribution in [1.29, 1.82) is 0 Å². The van der Waals surface area contributed by atoms with E-state index in [1.807, 2.05) is 32.0 Å². The molecule has 0 atom stereocenters. The number of carbonyl (C=O) groups is 1. The molecule has 1 N–H and O–H groups in total. The number of benzene rings is 2. The van der Waals surface area contributed by atoms with Gasteiger partial charge in [-0.2, -0.15) is 0 Å². The van der Waals surface area contributed by atoms with Crippen molar-refractivity contribution in [1.82, 2.24) is 4.57 Å². The van der Waals surface area contributed by atoms with Gasteiger partial charge in [0.1, 0.15) is 5.75 Å². The smallest absolute Gasteiger partial charge is 0.162 e. The molecule has 0 fully saturated rings. The Morgan fingerprint density at radius 2 is 1.83 bits per heavy atom. The van der Waals surface area contributed by atoms with E-state index in [-0.39, 0.29) is 11.5 Å². The zero-order valence-corrected chi connectivity index (χ0v) is 14.3. The minimum absolute atomic E-state index is 0.000672. The molecule has 0 aliphatic carbocycles. The number of aromatic hydroxyl groups is 1. The van der Waals surface area contributed by atoms with Gasteiger partial charge in [0.2, 0.25) is 0 Å². The first-order valence-corrected chi connectivity index (χ1v) is 8.00. The Labute approximate surface area is 141 Å². The molecule has 0 bridgehead atoms. The number of nitrogens with zero attached hydrogens (tertiary/aromatic N) is 1. The number of allylic oxidation sites excluding steroid dienone is 1. The molecule has 0 aliphatic heterocycles. The SMILES string of the molecule is C=CCc1c(O)ccc2c1c(C(C)=O)c(C)n2-c1ccc(C)cc1. The van der Waals surface area contributed by atoms with Crippen molar-refractivity contribution in [3.63, 3.8) is 0 Å². The van der Waals surface area contributed by atoms with E-state index in [0.29, 0.717) is 12.0 Å². The van der Waals surface area contributed by atoms with Gasteiger partial charge in [0.05, 0.1) is 5.52 Å². The molecule has 2 aromatic carbocycles. The molecule has 122 valence electrons. The molecule has 3 aromatic rings. The van der Waals surface area contributed by atoms with Crippen molar-refractivity contribution in [2.45, 2.75) is 27.2 Å². The highest BCUT2D eigenvalue weighted by Gasteiger charge is 2.22. The minimum atomic E-state index is -0.000672. The lowest BCUT2D eigenvalue weighted by atomic mass is 9.99. The van der Waals surface area contributed by atoms with Crippen LogP contribution < -0.4 is 0 Å². The second kappa shape index (κ2) is 6.00.